The maximum Gasteiger partial charge on any atom is 0.253 e. The van der Waals surface area contributed by atoms with Crippen LogP contribution in [0.4, 0.5) is 0 Å². The molecule has 1 aromatic carbocycles. The van der Waals surface area contributed by atoms with Crippen LogP contribution in [0.5, 0.6) is 0 Å². The summed E-state index contributed by atoms with van der Waals surface area (Å²) in [5.41, 5.74) is 1.22. The average Bonchev–Trinajstić information content (AvgIpc) is 4.05. The Balaban J connectivity index is 1.41. The molecule has 0 saturated carbocycles. The van der Waals surface area contributed by atoms with Crippen LogP contribution in [0.15, 0.2) is 42.5 Å². The van der Waals surface area contributed by atoms with Gasteiger partial charge in [-0.05, 0) is 42.6 Å². The van der Waals surface area contributed by atoms with Gasteiger partial charge in [0.1, 0.15) is 12.1 Å². The Hall–Kier alpha value is -4.45. The number of imide groups is 1. The molecule has 1 fully saturated rings. The first-order valence-corrected chi connectivity index (χ1v) is 28.3. The first-order valence-electron chi connectivity index (χ1n) is 27.9. The molecule has 2 N–H and O–H groups in total. The van der Waals surface area contributed by atoms with E-state index in [1.165, 1.54) is 22.6 Å². The molecule has 0 aliphatic carbocycles. The van der Waals surface area contributed by atoms with Gasteiger partial charge in [-0.2, -0.15) is 0 Å². The monoisotopic (exact) mass is 1120 g/mol. The lowest BCUT2D eigenvalue weighted by atomic mass is 9.89. The fourth-order valence-electron chi connectivity index (χ4n) is 9.84. The maximum absolute atomic E-state index is 14.6. The number of likely N-dealkylation sites (tertiary alicyclic amines) is 1. The first-order chi connectivity index (χ1) is 37.4. The van der Waals surface area contributed by atoms with Gasteiger partial charge in [0.05, 0.1) is 128 Å². The summed E-state index contributed by atoms with van der Waals surface area (Å²) in [6, 6.07) is 7.76. The minimum atomic E-state index is -0.921. The van der Waals surface area contributed by atoms with E-state index in [1.54, 1.807) is 33.2 Å². The molecule has 3 rings (SSSR count). The van der Waals surface area contributed by atoms with Crippen LogP contribution in [0.25, 0.3) is 0 Å². The van der Waals surface area contributed by atoms with Gasteiger partial charge in [0.2, 0.25) is 23.6 Å². The van der Waals surface area contributed by atoms with Gasteiger partial charge in [0.25, 0.3) is 11.8 Å². The highest BCUT2D eigenvalue weighted by Gasteiger charge is 2.43. The number of benzene rings is 1. The molecule has 1 unspecified atom stereocenters. The number of thiocarbonyl (C=S) groups is 1. The van der Waals surface area contributed by atoms with E-state index in [4.69, 9.17) is 50.1 Å². The van der Waals surface area contributed by atoms with Crippen molar-refractivity contribution in [1.29, 1.82) is 0 Å². The number of likely N-dealkylation sites (N-methyl/N-ethyl adjacent to an activating group) is 2. The normalized spacial score (nSPS) is 17.3. The van der Waals surface area contributed by atoms with Crippen LogP contribution in [0, 0.1) is 23.7 Å². The van der Waals surface area contributed by atoms with Crippen LogP contribution in [0.3, 0.4) is 0 Å². The summed E-state index contributed by atoms with van der Waals surface area (Å²) < 4.78 is 45.3. The van der Waals surface area contributed by atoms with Gasteiger partial charge in [-0.1, -0.05) is 97.4 Å². The smallest absolute Gasteiger partial charge is 0.253 e. The molecule has 8 atom stereocenters. The molecule has 0 bridgehead atoms. The van der Waals surface area contributed by atoms with Gasteiger partial charge < -0.3 is 63.2 Å². The quantitative estimate of drug-likeness (QED) is 0.0537. The number of carbonyl (C=O) groups is 6. The van der Waals surface area contributed by atoms with Gasteiger partial charge >= 0.3 is 0 Å². The predicted molar refractivity (Wildman–Crippen MR) is 300 cm³/mol. The highest BCUT2D eigenvalue weighted by molar-refractivity contribution is 7.80. The van der Waals surface area contributed by atoms with Crippen molar-refractivity contribution in [1.82, 2.24) is 30.2 Å². The Morgan fingerprint density at radius 2 is 1.27 bits per heavy atom. The van der Waals surface area contributed by atoms with E-state index in [2.05, 4.69) is 22.8 Å². The van der Waals surface area contributed by atoms with Crippen molar-refractivity contribution < 1.29 is 66.7 Å². The van der Waals surface area contributed by atoms with Gasteiger partial charge in [0, 0.05) is 59.5 Å². The van der Waals surface area contributed by atoms with Crippen LogP contribution < -0.4 is 10.6 Å². The summed E-state index contributed by atoms with van der Waals surface area (Å²) in [7, 11) is 6.55. The zero-order valence-electron chi connectivity index (χ0n) is 48.6. The average molecular weight is 1120 g/mol. The molecule has 78 heavy (non-hydrogen) atoms. The molecule has 20 nitrogen and oxygen atoms in total. The lowest BCUT2D eigenvalue weighted by Gasteiger charge is -2.41. The van der Waals surface area contributed by atoms with E-state index in [9.17, 15) is 28.8 Å². The Kier molecular flexibility index (Phi) is 32.6. The van der Waals surface area contributed by atoms with E-state index < -0.39 is 30.1 Å². The molecule has 2 aliphatic rings. The minimum absolute atomic E-state index is 0.0460. The number of methoxy groups -OCH3 is 2. The second kappa shape index (κ2) is 37.5. The highest BCUT2D eigenvalue weighted by atomic mass is 32.1. The van der Waals surface area contributed by atoms with Crippen LogP contribution >= 0.6 is 12.2 Å². The van der Waals surface area contributed by atoms with Crippen LogP contribution in [-0.4, -0.2) is 224 Å². The lowest BCUT2D eigenvalue weighted by Crippen LogP contribution is -2.60. The fraction of sp³-hybridized carbons (Fsp3) is 0.737. The maximum atomic E-state index is 14.6. The number of carbonyl (C=O) groups excluding carboxylic acids is 6. The van der Waals surface area contributed by atoms with Crippen molar-refractivity contribution in [3.8, 4) is 0 Å². The summed E-state index contributed by atoms with van der Waals surface area (Å²) in [6.45, 7) is 19.0. The Bertz CT molecular complexity index is 1980. The second-order valence-electron chi connectivity index (χ2n) is 20.6. The summed E-state index contributed by atoms with van der Waals surface area (Å²) >= 11 is 5.85. The van der Waals surface area contributed by atoms with Crippen LogP contribution in [-0.2, 0) is 73.1 Å². The molecule has 21 heteroatoms. The molecule has 442 valence electrons. The van der Waals surface area contributed by atoms with Crippen molar-refractivity contribution in [2.75, 3.05) is 127 Å². The Morgan fingerprint density at radius 3 is 1.77 bits per heavy atom. The third-order valence-electron chi connectivity index (χ3n) is 14.4. The number of nitrogens with one attached hydrogen (secondary N) is 2. The van der Waals surface area contributed by atoms with E-state index in [0.29, 0.717) is 84.0 Å². The predicted octanol–water partition coefficient (Wildman–Crippen LogP) is 4.10. The summed E-state index contributed by atoms with van der Waals surface area (Å²) in [4.78, 5) is 86.4. The molecule has 0 radical (unpaired) electrons. The molecule has 1 saturated heterocycles. The van der Waals surface area contributed by atoms with Crippen molar-refractivity contribution in [2.45, 2.75) is 123 Å². The number of hydrogen-bond donors (Lipinski definition) is 2. The highest BCUT2D eigenvalue weighted by Crippen LogP contribution is 2.30. The van der Waals surface area contributed by atoms with E-state index in [-0.39, 0.29) is 105 Å². The van der Waals surface area contributed by atoms with E-state index in [0.717, 1.165) is 24.2 Å². The zero-order valence-corrected chi connectivity index (χ0v) is 49.4. The molecule has 0 spiro atoms. The van der Waals surface area contributed by atoms with Crippen molar-refractivity contribution >= 4 is 52.6 Å². The van der Waals surface area contributed by atoms with Gasteiger partial charge in [-0.15, -0.1) is 0 Å². The summed E-state index contributed by atoms with van der Waals surface area (Å²) in [5, 5.41) is 6.43. The number of hydrogen-bond acceptors (Lipinski definition) is 15. The molecule has 6 amide bonds. The number of ether oxygens (including phenoxy) is 8. The minimum Gasteiger partial charge on any atom is -0.379 e. The van der Waals surface area contributed by atoms with E-state index >= 15 is 0 Å². The lowest BCUT2D eigenvalue weighted by molar-refractivity contribution is -0.148. The number of amides is 6. The van der Waals surface area contributed by atoms with E-state index in [1.807, 2.05) is 71.6 Å². The zero-order chi connectivity index (χ0) is 57.6. The molecule has 2 heterocycles. The number of rotatable bonds is 41. The first kappa shape index (κ1) is 67.8. The van der Waals surface area contributed by atoms with Gasteiger partial charge in [-0.25, -0.2) is 0 Å². The topological polar surface area (TPSA) is 213 Å². The van der Waals surface area contributed by atoms with Gasteiger partial charge in [0.15, 0.2) is 0 Å². The standard InChI is InChI=1S/C57H94N6O14S/c1-12-42(6)53(46(70-10)39-50(67)62-25-16-19-45(62)54(71-11)43(7)56(78)58-24-22-44-17-14-13-15-18-44)61(9)57(69)51(40(2)3)59-55(68)52(41(4)5)60(8)47(64)23-27-72-29-31-74-33-35-76-37-38-77-36-34-75-32-30-73-28-26-63-48(65)20-21-49(63)66/h13-15,17-18,20-21,40-43,45-46,51-54H,12,16,19,22-39H2,1-11H3,(H,58,78)(H,59,68)/t42-,43+,45?,46+,51-,52-,53-,54+/m0/s1. The van der Waals surface area contributed by atoms with Crippen molar-refractivity contribution in [2.24, 2.45) is 23.7 Å². The third-order valence-corrected chi connectivity index (χ3v) is 15.0. The fourth-order valence-corrected chi connectivity index (χ4v) is 10.1. The third kappa shape index (κ3) is 22.6. The molecule has 1 aromatic rings. The Morgan fingerprint density at radius 1 is 0.731 bits per heavy atom. The summed E-state index contributed by atoms with van der Waals surface area (Å²) in [5.74, 6) is -2.55. The molecule has 0 aromatic heterocycles. The molecular formula is C57H94N6O14S. The van der Waals surface area contributed by atoms with Crippen LogP contribution in [0.2, 0.25) is 0 Å². The molecule has 2 aliphatic heterocycles. The SMILES string of the molecule is CC[C@H](C)[C@@H]([C@@H](CC(=O)N1CCCC1[C@H](OC)[C@@H](C)C(=S)NCCc1ccccc1)OC)N(C)C(=O)[C@@H](NC(=O)[C@H](C(C)C)N(C)C(=O)CCOCCOCCOCCOCCOCCOCCN1C(=O)C=CC1=O)C(C)C. The largest absolute Gasteiger partial charge is 0.379 e. The summed E-state index contributed by atoms with van der Waals surface area (Å²) in [6.07, 6.45) is 4.76. The van der Waals surface area contributed by atoms with Gasteiger partial charge in [-0.3, -0.25) is 33.7 Å². The molecular weight excluding hydrogens is 1020 g/mol. The van der Waals surface area contributed by atoms with Crippen LogP contribution in [0.1, 0.15) is 86.1 Å². The van der Waals surface area contributed by atoms with Crippen molar-refractivity contribution in [3.05, 3.63) is 48.0 Å². The second-order valence-corrected chi connectivity index (χ2v) is 21.1. The van der Waals surface area contributed by atoms with Crippen molar-refractivity contribution in [3.63, 3.8) is 0 Å². The Labute approximate surface area is 470 Å². The number of nitrogens with zero attached hydrogens (tertiary/aromatic N) is 4.